The number of aliphatic imine (C=N–C) groups is 1. The fourth-order valence-corrected chi connectivity index (χ4v) is 4.31. The van der Waals surface area contributed by atoms with Crippen LogP contribution in [0.15, 0.2) is 57.2 Å². The molecule has 158 valence electrons. The van der Waals surface area contributed by atoms with Gasteiger partial charge in [-0.25, -0.2) is 13.1 Å². The van der Waals surface area contributed by atoms with Crippen LogP contribution in [-0.4, -0.2) is 64.0 Å². The van der Waals surface area contributed by atoms with Crippen molar-refractivity contribution in [3.8, 4) is 0 Å². The van der Waals surface area contributed by atoms with E-state index in [0.29, 0.717) is 19.0 Å². The molecular formula is C19H28N6O3S. The maximum atomic E-state index is 12.2. The molecule has 2 aromatic heterocycles. The summed E-state index contributed by atoms with van der Waals surface area (Å²) in [6.07, 6.45) is 6.94. The number of hydrogen-bond acceptors (Lipinski definition) is 6. The number of hydrogen-bond donors (Lipinski definition) is 3. The average Bonchev–Trinajstić information content (AvgIpc) is 3.45. The molecular weight excluding hydrogens is 392 g/mol. The molecule has 2 aromatic rings. The van der Waals surface area contributed by atoms with Crippen LogP contribution >= 0.6 is 0 Å². The van der Waals surface area contributed by atoms with Crippen LogP contribution < -0.4 is 15.4 Å². The third-order valence-corrected chi connectivity index (χ3v) is 6.24. The Morgan fingerprint density at radius 3 is 2.72 bits per heavy atom. The van der Waals surface area contributed by atoms with E-state index < -0.39 is 10.0 Å². The van der Waals surface area contributed by atoms with Gasteiger partial charge in [0.25, 0.3) is 0 Å². The van der Waals surface area contributed by atoms with E-state index in [1.54, 1.807) is 19.4 Å². The molecule has 0 spiro atoms. The molecule has 1 aliphatic heterocycles. The van der Waals surface area contributed by atoms with Gasteiger partial charge in [0.1, 0.15) is 10.7 Å². The van der Waals surface area contributed by atoms with Crippen molar-refractivity contribution in [3.05, 3.63) is 48.7 Å². The van der Waals surface area contributed by atoms with Crippen molar-refractivity contribution >= 4 is 16.0 Å². The second-order valence-corrected chi connectivity index (χ2v) is 8.51. The number of guanidine groups is 1. The fourth-order valence-electron chi connectivity index (χ4n) is 3.31. The largest absolute Gasteiger partial charge is 0.468 e. The predicted octanol–water partition coefficient (Wildman–Crippen LogP) is 0.955. The first-order chi connectivity index (χ1) is 14.1. The minimum Gasteiger partial charge on any atom is -0.468 e. The standard InChI is InChI=1S/C19H28N6O3S/c1-20-19(22-9-10-24-29(26,27)16-6-4-8-21-14-16)23-15-17(18-7-5-13-28-18)25-11-2-3-12-25/h4-8,13-14,17,24H,2-3,9-12,15H2,1H3,(H2,20,22,23). The molecule has 0 saturated carbocycles. The Labute approximate surface area is 171 Å². The molecule has 0 bridgehead atoms. The second-order valence-electron chi connectivity index (χ2n) is 6.74. The van der Waals surface area contributed by atoms with E-state index in [1.807, 2.05) is 12.1 Å². The van der Waals surface area contributed by atoms with Crippen molar-refractivity contribution in [2.24, 2.45) is 4.99 Å². The highest BCUT2D eigenvalue weighted by Crippen LogP contribution is 2.24. The summed E-state index contributed by atoms with van der Waals surface area (Å²) in [7, 11) is -1.88. The van der Waals surface area contributed by atoms with Crippen LogP contribution in [0.1, 0.15) is 24.6 Å². The van der Waals surface area contributed by atoms with Gasteiger partial charge in [-0.3, -0.25) is 14.9 Å². The Morgan fingerprint density at radius 1 is 1.24 bits per heavy atom. The SMILES string of the molecule is CN=C(NCCNS(=O)(=O)c1cccnc1)NCC(c1ccco1)N1CCCC1. The van der Waals surface area contributed by atoms with Crippen molar-refractivity contribution in [2.45, 2.75) is 23.8 Å². The van der Waals surface area contributed by atoms with Gasteiger partial charge in [-0.1, -0.05) is 0 Å². The average molecular weight is 421 g/mol. The van der Waals surface area contributed by atoms with Crippen LogP contribution in [0.2, 0.25) is 0 Å². The number of rotatable bonds is 9. The maximum absolute atomic E-state index is 12.2. The minimum atomic E-state index is -3.56. The molecule has 0 radical (unpaired) electrons. The van der Waals surface area contributed by atoms with Gasteiger partial charge in [-0.05, 0) is 50.2 Å². The molecule has 1 fully saturated rings. The molecule has 3 heterocycles. The van der Waals surface area contributed by atoms with E-state index >= 15 is 0 Å². The number of pyridine rings is 1. The quantitative estimate of drug-likeness (QED) is 0.315. The Balaban J connectivity index is 1.46. The molecule has 1 unspecified atom stereocenters. The van der Waals surface area contributed by atoms with Crippen molar-refractivity contribution in [1.82, 2.24) is 25.2 Å². The van der Waals surface area contributed by atoms with Crippen LogP contribution in [0.3, 0.4) is 0 Å². The van der Waals surface area contributed by atoms with Crippen molar-refractivity contribution in [1.29, 1.82) is 0 Å². The van der Waals surface area contributed by atoms with Gasteiger partial charge in [0.2, 0.25) is 10.0 Å². The lowest BCUT2D eigenvalue weighted by molar-refractivity contribution is 0.215. The first kappa shape index (κ1) is 21.3. The van der Waals surface area contributed by atoms with Crippen molar-refractivity contribution in [3.63, 3.8) is 0 Å². The number of nitrogens with zero attached hydrogens (tertiary/aromatic N) is 3. The van der Waals surface area contributed by atoms with Gasteiger partial charge >= 0.3 is 0 Å². The Kier molecular flexibility index (Phi) is 7.62. The molecule has 1 saturated heterocycles. The predicted molar refractivity (Wildman–Crippen MR) is 111 cm³/mol. The lowest BCUT2D eigenvalue weighted by atomic mass is 10.2. The summed E-state index contributed by atoms with van der Waals surface area (Å²) in [4.78, 5) is 10.6. The van der Waals surface area contributed by atoms with Crippen LogP contribution in [0.5, 0.6) is 0 Å². The van der Waals surface area contributed by atoms with Crippen LogP contribution in [0.4, 0.5) is 0 Å². The summed E-state index contributed by atoms with van der Waals surface area (Å²) in [6, 6.07) is 7.13. The van der Waals surface area contributed by atoms with Crippen molar-refractivity contribution in [2.75, 3.05) is 39.8 Å². The summed E-state index contributed by atoms with van der Waals surface area (Å²) >= 11 is 0. The van der Waals surface area contributed by atoms with Gasteiger partial charge in [0.05, 0.1) is 12.3 Å². The Bertz CT molecular complexity index is 865. The van der Waals surface area contributed by atoms with Gasteiger partial charge in [0, 0.05) is 39.1 Å². The molecule has 1 atom stereocenters. The normalized spacial score (nSPS) is 16.7. The summed E-state index contributed by atoms with van der Waals surface area (Å²) in [5, 5.41) is 6.45. The van der Waals surface area contributed by atoms with E-state index in [1.165, 1.54) is 31.3 Å². The van der Waals surface area contributed by atoms with Gasteiger partial charge in [0.15, 0.2) is 5.96 Å². The fraction of sp³-hybridized carbons (Fsp3) is 0.474. The molecule has 3 rings (SSSR count). The highest BCUT2D eigenvalue weighted by atomic mass is 32.2. The molecule has 9 nitrogen and oxygen atoms in total. The van der Waals surface area contributed by atoms with Gasteiger partial charge in [-0.15, -0.1) is 0 Å². The first-order valence-electron chi connectivity index (χ1n) is 9.72. The number of aromatic nitrogens is 1. The lowest BCUT2D eigenvalue weighted by Crippen LogP contribution is -2.44. The van der Waals surface area contributed by atoms with E-state index in [0.717, 1.165) is 18.8 Å². The van der Waals surface area contributed by atoms with E-state index in [-0.39, 0.29) is 17.5 Å². The molecule has 10 heteroatoms. The molecule has 29 heavy (non-hydrogen) atoms. The third kappa shape index (κ3) is 6.02. The maximum Gasteiger partial charge on any atom is 0.242 e. The van der Waals surface area contributed by atoms with E-state index in [2.05, 4.69) is 30.2 Å². The van der Waals surface area contributed by atoms with Gasteiger partial charge < -0.3 is 15.1 Å². The van der Waals surface area contributed by atoms with Crippen LogP contribution in [0, 0.1) is 0 Å². The Morgan fingerprint density at radius 2 is 2.07 bits per heavy atom. The minimum absolute atomic E-state index is 0.134. The van der Waals surface area contributed by atoms with E-state index in [4.69, 9.17) is 4.42 Å². The molecule has 0 aromatic carbocycles. The Hall–Kier alpha value is -2.43. The van der Waals surface area contributed by atoms with Gasteiger partial charge in [-0.2, -0.15) is 0 Å². The molecule has 0 amide bonds. The lowest BCUT2D eigenvalue weighted by Gasteiger charge is -2.26. The monoisotopic (exact) mass is 420 g/mol. The molecule has 0 aliphatic carbocycles. The number of furan rings is 1. The summed E-state index contributed by atoms with van der Waals surface area (Å²) in [6.45, 7) is 3.37. The highest BCUT2D eigenvalue weighted by Gasteiger charge is 2.25. The number of likely N-dealkylation sites (tertiary alicyclic amines) is 1. The highest BCUT2D eigenvalue weighted by molar-refractivity contribution is 7.89. The summed E-state index contributed by atoms with van der Waals surface area (Å²) in [5.41, 5.74) is 0. The van der Waals surface area contributed by atoms with E-state index in [9.17, 15) is 8.42 Å². The number of nitrogens with one attached hydrogen (secondary N) is 3. The smallest absolute Gasteiger partial charge is 0.242 e. The zero-order valence-corrected chi connectivity index (χ0v) is 17.4. The third-order valence-electron chi connectivity index (χ3n) is 4.79. The number of sulfonamides is 1. The topological polar surface area (TPSA) is 112 Å². The summed E-state index contributed by atoms with van der Waals surface area (Å²) in [5.74, 6) is 1.54. The zero-order chi connectivity index (χ0) is 20.5. The molecule has 1 aliphatic rings. The van der Waals surface area contributed by atoms with Crippen molar-refractivity contribution < 1.29 is 12.8 Å². The zero-order valence-electron chi connectivity index (χ0n) is 16.5. The van der Waals surface area contributed by atoms with Crippen LogP contribution in [0.25, 0.3) is 0 Å². The van der Waals surface area contributed by atoms with Crippen LogP contribution in [-0.2, 0) is 10.0 Å². The molecule has 3 N–H and O–H groups in total. The first-order valence-corrected chi connectivity index (χ1v) is 11.2. The second kappa shape index (κ2) is 10.4. The summed E-state index contributed by atoms with van der Waals surface area (Å²) < 4.78 is 32.6.